The van der Waals surface area contributed by atoms with Crippen LogP contribution in [-0.2, 0) is 0 Å². The summed E-state index contributed by atoms with van der Waals surface area (Å²) in [5.41, 5.74) is 3.94. The number of aliphatic hydroxyl groups excluding tert-OH is 1. The number of fused-ring (bicyclic) bond motifs is 1. The molecule has 0 saturated heterocycles. The fourth-order valence-electron chi connectivity index (χ4n) is 3.86. The van der Waals surface area contributed by atoms with Crippen molar-refractivity contribution in [3.8, 4) is 11.5 Å². The van der Waals surface area contributed by atoms with Gasteiger partial charge in [-0.25, -0.2) is 0 Å². The lowest BCUT2D eigenvalue weighted by Gasteiger charge is -2.35. The minimum atomic E-state index is -0.0715. The summed E-state index contributed by atoms with van der Waals surface area (Å²) < 4.78 is 0. The van der Waals surface area contributed by atoms with Crippen molar-refractivity contribution in [3.63, 3.8) is 0 Å². The summed E-state index contributed by atoms with van der Waals surface area (Å²) in [6.07, 6.45) is 6.34. The molecule has 0 saturated carbocycles. The lowest BCUT2D eigenvalue weighted by atomic mass is 9.70. The molecule has 23 heavy (non-hydrogen) atoms. The Morgan fingerprint density at radius 1 is 1.26 bits per heavy atom. The first kappa shape index (κ1) is 17.9. The molecule has 3 heteroatoms. The van der Waals surface area contributed by atoms with E-state index in [9.17, 15) is 15.3 Å². The largest absolute Gasteiger partial charge is 0.504 e. The third-order valence-corrected chi connectivity index (χ3v) is 5.25. The summed E-state index contributed by atoms with van der Waals surface area (Å²) in [7, 11) is 0. The second-order valence-corrected chi connectivity index (χ2v) is 7.29. The van der Waals surface area contributed by atoms with Gasteiger partial charge in [-0.05, 0) is 69.4 Å². The number of phenols is 2. The van der Waals surface area contributed by atoms with Crippen molar-refractivity contribution in [2.75, 3.05) is 6.61 Å². The Labute approximate surface area is 139 Å². The lowest BCUT2D eigenvalue weighted by Crippen LogP contribution is -2.22. The van der Waals surface area contributed by atoms with E-state index in [1.54, 1.807) is 0 Å². The minimum absolute atomic E-state index is 0.0158. The lowest BCUT2D eigenvalue weighted by molar-refractivity contribution is 0.235. The van der Waals surface area contributed by atoms with E-state index >= 15 is 0 Å². The van der Waals surface area contributed by atoms with Gasteiger partial charge in [0.25, 0.3) is 0 Å². The molecular weight excluding hydrogens is 288 g/mol. The van der Waals surface area contributed by atoms with E-state index in [1.165, 1.54) is 5.57 Å². The SMILES string of the molecule is CC(C)=CCCC(C)C1CC[C@@H](CO)c2c1cc(C)c(O)c2O. The summed E-state index contributed by atoms with van der Waals surface area (Å²) in [6.45, 7) is 8.35. The molecule has 0 fully saturated rings. The summed E-state index contributed by atoms with van der Waals surface area (Å²) in [5, 5.41) is 30.1. The predicted octanol–water partition coefficient (Wildman–Crippen LogP) is 4.74. The Morgan fingerprint density at radius 3 is 2.57 bits per heavy atom. The highest BCUT2D eigenvalue weighted by atomic mass is 16.3. The number of phenolic OH excluding ortho intramolecular Hbond substituents is 2. The number of hydrogen-bond acceptors (Lipinski definition) is 3. The maximum atomic E-state index is 10.4. The predicted molar refractivity (Wildman–Crippen MR) is 94.1 cm³/mol. The quantitative estimate of drug-likeness (QED) is 0.543. The molecule has 3 atom stereocenters. The van der Waals surface area contributed by atoms with Crippen LogP contribution in [0.25, 0.3) is 0 Å². The summed E-state index contributed by atoms with van der Waals surface area (Å²) >= 11 is 0. The molecule has 0 radical (unpaired) electrons. The summed E-state index contributed by atoms with van der Waals surface area (Å²) in [4.78, 5) is 0. The molecule has 1 aromatic rings. The molecule has 3 N–H and O–H groups in total. The number of aromatic hydroxyl groups is 2. The second-order valence-electron chi connectivity index (χ2n) is 7.29. The fourth-order valence-corrected chi connectivity index (χ4v) is 3.86. The number of aliphatic hydroxyl groups is 1. The average Bonchev–Trinajstić information content (AvgIpc) is 2.51. The van der Waals surface area contributed by atoms with Gasteiger partial charge in [-0.15, -0.1) is 0 Å². The first-order chi connectivity index (χ1) is 10.9. The normalized spacial score (nSPS) is 21.6. The van der Waals surface area contributed by atoms with Gasteiger partial charge in [0.05, 0.1) is 6.61 Å². The molecule has 0 heterocycles. The molecule has 0 amide bonds. The van der Waals surface area contributed by atoms with Gasteiger partial charge < -0.3 is 15.3 Å². The fraction of sp³-hybridized carbons (Fsp3) is 0.600. The zero-order chi connectivity index (χ0) is 17.1. The van der Waals surface area contributed by atoms with Crippen molar-refractivity contribution in [3.05, 3.63) is 34.4 Å². The highest BCUT2D eigenvalue weighted by molar-refractivity contribution is 5.57. The Kier molecular flexibility index (Phi) is 5.74. The van der Waals surface area contributed by atoms with E-state index in [2.05, 4.69) is 26.8 Å². The topological polar surface area (TPSA) is 60.7 Å². The maximum absolute atomic E-state index is 10.4. The van der Waals surface area contributed by atoms with Gasteiger partial charge >= 0.3 is 0 Å². The van der Waals surface area contributed by atoms with Crippen LogP contribution in [0.4, 0.5) is 0 Å². The van der Waals surface area contributed by atoms with Gasteiger partial charge in [-0.3, -0.25) is 0 Å². The van der Waals surface area contributed by atoms with Crippen molar-refractivity contribution in [1.82, 2.24) is 0 Å². The number of allylic oxidation sites excluding steroid dienone is 2. The Bertz CT molecular complexity index is 585. The van der Waals surface area contributed by atoms with Crippen LogP contribution in [0, 0.1) is 12.8 Å². The van der Waals surface area contributed by atoms with E-state index < -0.39 is 0 Å². The summed E-state index contributed by atoms with van der Waals surface area (Å²) in [6, 6.07) is 2.01. The third-order valence-electron chi connectivity index (χ3n) is 5.25. The van der Waals surface area contributed by atoms with Crippen LogP contribution in [0.2, 0.25) is 0 Å². The van der Waals surface area contributed by atoms with Crippen LogP contribution < -0.4 is 0 Å². The van der Waals surface area contributed by atoms with Crippen molar-refractivity contribution >= 4 is 0 Å². The van der Waals surface area contributed by atoms with Crippen LogP contribution >= 0.6 is 0 Å². The van der Waals surface area contributed by atoms with Crippen molar-refractivity contribution in [2.24, 2.45) is 5.92 Å². The van der Waals surface area contributed by atoms with Crippen molar-refractivity contribution < 1.29 is 15.3 Å². The van der Waals surface area contributed by atoms with E-state index in [4.69, 9.17) is 0 Å². The zero-order valence-corrected chi connectivity index (χ0v) is 14.8. The molecule has 0 aromatic heterocycles. The average molecular weight is 318 g/mol. The van der Waals surface area contributed by atoms with E-state index in [-0.39, 0.29) is 24.0 Å². The molecule has 128 valence electrons. The molecule has 1 aliphatic rings. The Hall–Kier alpha value is -1.48. The molecule has 0 bridgehead atoms. The number of hydrogen-bond donors (Lipinski definition) is 3. The molecule has 1 aromatic carbocycles. The van der Waals surface area contributed by atoms with Gasteiger partial charge in [0.1, 0.15) is 0 Å². The van der Waals surface area contributed by atoms with Crippen molar-refractivity contribution in [2.45, 2.75) is 65.2 Å². The standard InChI is InChI=1S/C20H30O3/c1-12(2)6-5-7-13(3)16-9-8-15(11-21)18-17(16)10-14(4)19(22)20(18)23/h6,10,13,15-16,21-23H,5,7-9,11H2,1-4H3/t13?,15-,16?/m0/s1. The monoisotopic (exact) mass is 318 g/mol. The van der Waals surface area contributed by atoms with E-state index in [0.717, 1.165) is 36.8 Å². The van der Waals surface area contributed by atoms with Crippen molar-refractivity contribution in [1.29, 1.82) is 0 Å². The van der Waals surface area contributed by atoms with E-state index in [1.807, 2.05) is 13.0 Å². The first-order valence-electron chi connectivity index (χ1n) is 8.66. The van der Waals surface area contributed by atoms with Gasteiger partial charge in [0, 0.05) is 11.5 Å². The van der Waals surface area contributed by atoms with Crippen LogP contribution in [0.5, 0.6) is 11.5 Å². The van der Waals surface area contributed by atoms with Gasteiger partial charge in [0.15, 0.2) is 11.5 Å². The zero-order valence-electron chi connectivity index (χ0n) is 14.8. The van der Waals surface area contributed by atoms with Crippen LogP contribution in [-0.4, -0.2) is 21.9 Å². The Morgan fingerprint density at radius 2 is 1.96 bits per heavy atom. The molecule has 1 aliphatic carbocycles. The van der Waals surface area contributed by atoms with Gasteiger partial charge in [0.2, 0.25) is 0 Å². The van der Waals surface area contributed by atoms with E-state index in [0.29, 0.717) is 17.4 Å². The minimum Gasteiger partial charge on any atom is -0.504 e. The smallest absolute Gasteiger partial charge is 0.161 e. The highest BCUT2D eigenvalue weighted by Gasteiger charge is 2.33. The third kappa shape index (κ3) is 3.72. The van der Waals surface area contributed by atoms with Crippen LogP contribution in [0.3, 0.4) is 0 Å². The first-order valence-corrected chi connectivity index (χ1v) is 8.66. The molecule has 0 aliphatic heterocycles. The maximum Gasteiger partial charge on any atom is 0.161 e. The molecule has 2 unspecified atom stereocenters. The molecule has 0 spiro atoms. The van der Waals surface area contributed by atoms with Crippen LogP contribution in [0.1, 0.15) is 75.0 Å². The molecule has 3 nitrogen and oxygen atoms in total. The summed E-state index contributed by atoms with van der Waals surface area (Å²) in [5.74, 6) is 0.744. The van der Waals surface area contributed by atoms with Gasteiger partial charge in [-0.2, -0.15) is 0 Å². The highest BCUT2D eigenvalue weighted by Crippen LogP contribution is 2.50. The van der Waals surface area contributed by atoms with Gasteiger partial charge in [-0.1, -0.05) is 24.6 Å². The number of benzene rings is 1. The number of rotatable bonds is 5. The molecular formula is C20H30O3. The molecule has 2 rings (SSSR count). The second kappa shape index (κ2) is 7.39. The number of aryl methyl sites for hydroxylation is 1. The Balaban J connectivity index is 2.34. The van der Waals surface area contributed by atoms with Crippen LogP contribution in [0.15, 0.2) is 17.7 Å².